The van der Waals surface area contributed by atoms with Crippen LogP contribution in [0.1, 0.15) is 57.1 Å². The van der Waals surface area contributed by atoms with Crippen LogP contribution in [-0.2, 0) is 6.54 Å². The van der Waals surface area contributed by atoms with Crippen molar-refractivity contribution in [3.8, 4) is 0 Å². The molecule has 0 radical (unpaired) electrons. The van der Waals surface area contributed by atoms with Crippen LogP contribution in [0.5, 0.6) is 0 Å². The molecule has 1 aromatic rings. The monoisotopic (exact) mass is 208 g/mol. The third kappa shape index (κ3) is 2.49. The molecule has 0 unspecified atom stereocenters. The molecule has 2 N–H and O–H groups in total. The van der Waals surface area contributed by atoms with Gasteiger partial charge in [-0.15, -0.1) is 5.10 Å². The number of hydrogen-bond donors (Lipinski definition) is 1. The Balaban J connectivity index is 1.90. The van der Waals surface area contributed by atoms with Crippen LogP contribution in [0.15, 0.2) is 0 Å². The molecule has 0 saturated heterocycles. The van der Waals surface area contributed by atoms with Crippen LogP contribution in [-0.4, -0.2) is 15.0 Å². The molecule has 0 aliphatic heterocycles. The van der Waals surface area contributed by atoms with Crippen molar-refractivity contribution >= 4 is 5.82 Å². The van der Waals surface area contributed by atoms with Gasteiger partial charge in [0, 0.05) is 12.5 Å². The highest BCUT2D eigenvalue weighted by Gasteiger charge is 2.30. The second-order valence-electron chi connectivity index (χ2n) is 4.42. The molecule has 0 spiro atoms. The van der Waals surface area contributed by atoms with Crippen LogP contribution in [0.4, 0.5) is 5.82 Å². The van der Waals surface area contributed by atoms with E-state index in [9.17, 15) is 0 Å². The fourth-order valence-electron chi connectivity index (χ4n) is 1.96. The summed E-state index contributed by atoms with van der Waals surface area (Å²) in [5, 5.41) is 8.08. The van der Waals surface area contributed by atoms with E-state index >= 15 is 0 Å². The lowest BCUT2D eigenvalue weighted by molar-refractivity contribution is 0.512. The molecule has 15 heavy (non-hydrogen) atoms. The molecular weight excluding hydrogens is 188 g/mol. The summed E-state index contributed by atoms with van der Waals surface area (Å²) in [5.41, 5.74) is 7.00. The zero-order chi connectivity index (χ0) is 10.7. The molecule has 1 saturated carbocycles. The molecule has 4 heteroatoms. The molecule has 1 aliphatic carbocycles. The maximum absolute atomic E-state index is 5.82. The van der Waals surface area contributed by atoms with Crippen LogP contribution in [0.2, 0.25) is 0 Å². The lowest BCUT2D eigenvalue weighted by Crippen LogP contribution is -2.05. The molecule has 84 valence electrons. The van der Waals surface area contributed by atoms with E-state index in [1.54, 1.807) is 0 Å². The van der Waals surface area contributed by atoms with E-state index in [4.69, 9.17) is 5.73 Å². The van der Waals surface area contributed by atoms with Gasteiger partial charge in [0.1, 0.15) is 0 Å². The van der Waals surface area contributed by atoms with Crippen molar-refractivity contribution in [2.24, 2.45) is 0 Å². The van der Waals surface area contributed by atoms with Gasteiger partial charge < -0.3 is 5.73 Å². The van der Waals surface area contributed by atoms with E-state index in [2.05, 4.69) is 17.2 Å². The van der Waals surface area contributed by atoms with Gasteiger partial charge in [0.25, 0.3) is 0 Å². The van der Waals surface area contributed by atoms with Crippen molar-refractivity contribution < 1.29 is 0 Å². The number of nitrogen functional groups attached to an aromatic ring is 1. The minimum absolute atomic E-state index is 0.645. The predicted molar refractivity (Wildman–Crippen MR) is 60.6 cm³/mol. The highest BCUT2D eigenvalue weighted by atomic mass is 15.4. The van der Waals surface area contributed by atoms with Crippen molar-refractivity contribution in [3.05, 3.63) is 5.69 Å². The van der Waals surface area contributed by atoms with Crippen LogP contribution >= 0.6 is 0 Å². The van der Waals surface area contributed by atoms with Gasteiger partial charge in [-0.25, -0.2) is 4.68 Å². The predicted octanol–water partition coefficient (Wildman–Crippen LogP) is 2.32. The summed E-state index contributed by atoms with van der Waals surface area (Å²) in [4.78, 5) is 0. The number of nitrogens with zero attached hydrogens (tertiary/aromatic N) is 3. The Morgan fingerprint density at radius 3 is 2.80 bits per heavy atom. The summed E-state index contributed by atoms with van der Waals surface area (Å²) in [6.07, 6.45) is 7.56. The van der Waals surface area contributed by atoms with Gasteiger partial charge >= 0.3 is 0 Å². The number of rotatable bonds is 6. The van der Waals surface area contributed by atoms with E-state index in [1.165, 1.54) is 44.2 Å². The minimum Gasteiger partial charge on any atom is -0.381 e. The molecule has 1 fully saturated rings. The van der Waals surface area contributed by atoms with Crippen molar-refractivity contribution in [2.45, 2.75) is 57.9 Å². The molecule has 1 aliphatic rings. The summed E-state index contributed by atoms with van der Waals surface area (Å²) in [5.74, 6) is 1.29. The Hall–Kier alpha value is -1.06. The van der Waals surface area contributed by atoms with Crippen molar-refractivity contribution in [3.63, 3.8) is 0 Å². The number of unbranched alkanes of at least 4 members (excludes halogenated alkanes) is 3. The first-order valence-electron chi connectivity index (χ1n) is 6.01. The summed E-state index contributed by atoms with van der Waals surface area (Å²) in [6.45, 7) is 3.21. The third-order valence-corrected chi connectivity index (χ3v) is 2.99. The zero-order valence-corrected chi connectivity index (χ0v) is 9.45. The first-order chi connectivity index (χ1) is 7.33. The van der Waals surface area contributed by atoms with Gasteiger partial charge in [0.15, 0.2) is 5.82 Å². The third-order valence-electron chi connectivity index (χ3n) is 2.99. The van der Waals surface area contributed by atoms with Crippen LogP contribution < -0.4 is 5.73 Å². The summed E-state index contributed by atoms with van der Waals surface area (Å²) in [7, 11) is 0. The first-order valence-corrected chi connectivity index (χ1v) is 6.01. The Labute approximate surface area is 90.8 Å². The fourth-order valence-corrected chi connectivity index (χ4v) is 1.96. The molecule has 0 aromatic carbocycles. The van der Waals surface area contributed by atoms with Crippen molar-refractivity contribution in [1.29, 1.82) is 0 Å². The highest BCUT2D eigenvalue weighted by Crippen LogP contribution is 2.41. The quantitative estimate of drug-likeness (QED) is 0.730. The average Bonchev–Trinajstić information content (AvgIpc) is 2.99. The largest absolute Gasteiger partial charge is 0.381 e. The molecule has 0 bridgehead atoms. The maximum atomic E-state index is 5.82. The second-order valence-corrected chi connectivity index (χ2v) is 4.42. The standard InChI is InChI=1S/C11H20N4/c1-2-3-4-5-8-15-10(9-6-7-9)11(12)13-14-15/h9H,2-8,12H2,1H3. The van der Waals surface area contributed by atoms with E-state index in [-0.39, 0.29) is 0 Å². The van der Waals surface area contributed by atoms with Crippen molar-refractivity contribution in [2.75, 3.05) is 5.73 Å². The second kappa shape index (κ2) is 4.64. The molecular formula is C11H20N4. The topological polar surface area (TPSA) is 56.7 Å². The lowest BCUT2D eigenvalue weighted by Gasteiger charge is -2.05. The van der Waals surface area contributed by atoms with Gasteiger partial charge in [-0.05, 0) is 19.3 Å². The number of hydrogen-bond acceptors (Lipinski definition) is 3. The lowest BCUT2D eigenvalue weighted by atomic mass is 10.2. The number of nitrogens with two attached hydrogens (primary N) is 1. The Kier molecular flexibility index (Phi) is 3.23. The molecule has 1 aromatic heterocycles. The maximum Gasteiger partial charge on any atom is 0.169 e. The fraction of sp³-hybridized carbons (Fsp3) is 0.818. The molecule has 0 atom stereocenters. The van der Waals surface area contributed by atoms with Crippen molar-refractivity contribution in [1.82, 2.24) is 15.0 Å². The summed E-state index contributed by atoms with van der Waals surface area (Å²) < 4.78 is 2.02. The molecule has 2 rings (SSSR count). The van der Waals surface area contributed by atoms with Crippen LogP contribution in [0, 0.1) is 0 Å². The smallest absolute Gasteiger partial charge is 0.169 e. The number of aromatic nitrogens is 3. The van der Waals surface area contributed by atoms with Gasteiger partial charge in [-0.2, -0.15) is 0 Å². The molecule has 0 amide bonds. The molecule has 4 nitrogen and oxygen atoms in total. The number of anilines is 1. The van der Waals surface area contributed by atoms with E-state index in [0.29, 0.717) is 11.7 Å². The normalized spacial score (nSPS) is 15.8. The van der Waals surface area contributed by atoms with Gasteiger partial charge in [0.05, 0.1) is 5.69 Å². The van der Waals surface area contributed by atoms with Crippen LogP contribution in [0.3, 0.4) is 0 Å². The zero-order valence-electron chi connectivity index (χ0n) is 9.45. The Morgan fingerprint density at radius 1 is 1.33 bits per heavy atom. The van der Waals surface area contributed by atoms with Crippen LogP contribution in [0.25, 0.3) is 0 Å². The average molecular weight is 208 g/mol. The Bertz CT molecular complexity index is 314. The van der Waals surface area contributed by atoms with E-state index in [0.717, 1.165) is 6.54 Å². The first kappa shape index (κ1) is 10.5. The molecule has 1 heterocycles. The highest BCUT2D eigenvalue weighted by molar-refractivity contribution is 5.38. The summed E-state index contributed by atoms with van der Waals surface area (Å²) >= 11 is 0. The van der Waals surface area contributed by atoms with Gasteiger partial charge in [-0.3, -0.25) is 0 Å². The number of aryl methyl sites for hydroxylation is 1. The van der Waals surface area contributed by atoms with Gasteiger partial charge in [-0.1, -0.05) is 31.4 Å². The minimum atomic E-state index is 0.645. The van der Waals surface area contributed by atoms with E-state index in [1.807, 2.05) is 4.68 Å². The Morgan fingerprint density at radius 2 is 2.13 bits per heavy atom. The van der Waals surface area contributed by atoms with E-state index < -0.39 is 0 Å². The summed E-state index contributed by atoms with van der Waals surface area (Å²) in [6, 6.07) is 0. The van der Waals surface area contributed by atoms with Gasteiger partial charge in [0.2, 0.25) is 0 Å². The SMILES string of the molecule is CCCCCCn1nnc(N)c1C1CC1.